The van der Waals surface area contributed by atoms with Gasteiger partial charge in [-0.2, -0.15) is 0 Å². The van der Waals surface area contributed by atoms with E-state index in [0.29, 0.717) is 19.3 Å². The molecule has 0 aromatic heterocycles. The van der Waals surface area contributed by atoms with E-state index in [4.69, 9.17) is 14.2 Å². The summed E-state index contributed by atoms with van der Waals surface area (Å²) in [5, 5.41) is 0. The second-order valence-corrected chi connectivity index (χ2v) is 13.6. The Hall–Kier alpha value is -1.59. The minimum absolute atomic E-state index is 0.0689. The van der Waals surface area contributed by atoms with E-state index in [-0.39, 0.29) is 31.1 Å². The lowest BCUT2D eigenvalue weighted by atomic mass is 9.99. The van der Waals surface area contributed by atoms with Crippen molar-refractivity contribution < 1.29 is 28.6 Å². The molecule has 1 unspecified atom stereocenters. The first-order valence-electron chi connectivity index (χ1n) is 18.8. The summed E-state index contributed by atoms with van der Waals surface area (Å²) in [5.41, 5.74) is 0. The Morgan fingerprint density at radius 2 is 0.864 bits per heavy atom. The molecule has 0 amide bonds. The second kappa shape index (κ2) is 31.4. The molecule has 0 rings (SSSR count). The molecule has 260 valence electrons. The summed E-state index contributed by atoms with van der Waals surface area (Å²) < 4.78 is 16.5. The molecule has 6 nitrogen and oxygen atoms in total. The van der Waals surface area contributed by atoms with Gasteiger partial charge in [0.1, 0.15) is 13.2 Å². The van der Waals surface area contributed by atoms with Crippen molar-refractivity contribution in [2.45, 2.75) is 201 Å². The van der Waals surface area contributed by atoms with E-state index in [0.717, 1.165) is 76.0 Å². The standard InChI is InChI=1S/C38H72O6/c1-6-8-9-16-23-28-36(39)42-31-35(32-43-37(40)29-24-19-15-14-17-21-26-33(3)4)44-38(41)30-25-20-13-11-10-12-18-22-27-34(5)7-2/h33-35H,6-32H2,1-5H3/t34?,35-/m1/s1. The maximum Gasteiger partial charge on any atom is 0.306 e. The molecule has 0 heterocycles. The largest absolute Gasteiger partial charge is 0.462 e. The van der Waals surface area contributed by atoms with Crippen LogP contribution in [0.1, 0.15) is 195 Å². The van der Waals surface area contributed by atoms with Crippen molar-refractivity contribution in [3.63, 3.8) is 0 Å². The topological polar surface area (TPSA) is 78.9 Å². The quantitative estimate of drug-likeness (QED) is 0.0421. The summed E-state index contributed by atoms with van der Waals surface area (Å²) in [6.45, 7) is 11.1. The zero-order valence-electron chi connectivity index (χ0n) is 29.8. The number of rotatable bonds is 32. The number of esters is 3. The molecule has 0 fully saturated rings. The maximum absolute atomic E-state index is 12.6. The Balaban J connectivity index is 4.31. The van der Waals surface area contributed by atoms with Gasteiger partial charge in [-0.25, -0.2) is 0 Å². The molecular formula is C38H72O6. The molecule has 0 radical (unpaired) electrons. The number of hydrogen-bond acceptors (Lipinski definition) is 6. The molecule has 2 atom stereocenters. The lowest BCUT2D eigenvalue weighted by molar-refractivity contribution is -0.167. The van der Waals surface area contributed by atoms with E-state index in [1.807, 2.05) is 0 Å². The van der Waals surface area contributed by atoms with E-state index in [2.05, 4.69) is 34.6 Å². The molecule has 6 heteroatoms. The summed E-state index contributed by atoms with van der Waals surface area (Å²) in [6.07, 6.45) is 25.5. The number of unbranched alkanes of at least 4 members (excludes halogenated alkanes) is 16. The van der Waals surface area contributed by atoms with Gasteiger partial charge in [-0.05, 0) is 31.1 Å². The Bertz CT molecular complexity index is 676. The molecular weight excluding hydrogens is 552 g/mol. The van der Waals surface area contributed by atoms with Crippen LogP contribution in [0.5, 0.6) is 0 Å². The highest BCUT2D eigenvalue weighted by Gasteiger charge is 2.19. The fraction of sp³-hybridized carbons (Fsp3) is 0.921. The lowest BCUT2D eigenvalue weighted by Crippen LogP contribution is -2.30. The number of carbonyl (C=O) groups excluding carboxylic acids is 3. The normalized spacial score (nSPS) is 12.7. The van der Waals surface area contributed by atoms with E-state index >= 15 is 0 Å². The van der Waals surface area contributed by atoms with Crippen LogP contribution in [0.4, 0.5) is 0 Å². The van der Waals surface area contributed by atoms with E-state index in [1.165, 1.54) is 77.0 Å². The molecule has 0 aromatic carbocycles. The van der Waals surface area contributed by atoms with Crippen LogP contribution in [0.15, 0.2) is 0 Å². The summed E-state index contributed by atoms with van der Waals surface area (Å²) in [6, 6.07) is 0. The Labute approximate surface area is 272 Å². The fourth-order valence-electron chi connectivity index (χ4n) is 5.31. The van der Waals surface area contributed by atoms with Crippen molar-refractivity contribution in [2.24, 2.45) is 11.8 Å². The van der Waals surface area contributed by atoms with Gasteiger partial charge in [0.15, 0.2) is 6.10 Å². The highest BCUT2D eigenvalue weighted by molar-refractivity contribution is 5.71. The molecule has 0 spiro atoms. The molecule has 0 aliphatic rings. The molecule has 0 N–H and O–H groups in total. The minimum atomic E-state index is -0.758. The highest BCUT2D eigenvalue weighted by Crippen LogP contribution is 2.16. The fourth-order valence-corrected chi connectivity index (χ4v) is 5.31. The van der Waals surface area contributed by atoms with Crippen molar-refractivity contribution >= 4 is 17.9 Å². The molecule has 44 heavy (non-hydrogen) atoms. The molecule has 0 saturated heterocycles. The van der Waals surface area contributed by atoms with Crippen LogP contribution >= 0.6 is 0 Å². The smallest absolute Gasteiger partial charge is 0.306 e. The summed E-state index contributed by atoms with van der Waals surface area (Å²) >= 11 is 0. The second-order valence-electron chi connectivity index (χ2n) is 13.6. The predicted molar refractivity (Wildman–Crippen MR) is 183 cm³/mol. The monoisotopic (exact) mass is 625 g/mol. The van der Waals surface area contributed by atoms with Gasteiger partial charge in [0, 0.05) is 19.3 Å². The van der Waals surface area contributed by atoms with E-state index in [9.17, 15) is 14.4 Å². The van der Waals surface area contributed by atoms with Crippen molar-refractivity contribution in [1.29, 1.82) is 0 Å². The molecule has 0 bridgehead atoms. The Morgan fingerprint density at radius 3 is 1.30 bits per heavy atom. The molecule has 0 aromatic rings. The summed E-state index contributed by atoms with van der Waals surface area (Å²) in [7, 11) is 0. The third kappa shape index (κ3) is 30.4. The Kier molecular flexibility index (Phi) is 30.3. The van der Waals surface area contributed by atoms with Gasteiger partial charge < -0.3 is 14.2 Å². The molecule has 0 saturated carbocycles. The van der Waals surface area contributed by atoms with Gasteiger partial charge in [0.05, 0.1) is 0 Å². The summed E-state index contributed by atoms with van der Waals surface area (Å²) in [5.74, 6) is 0.720. The first kappa shape index (κ1) is 42.4. The van der Waals surface area contributed by atoms with Gasteiger partial charge in [0.2, 0.25) is 0 Å². The van der Waals surface area contributed by atoms with Crippen molar-refractivity contribution in [1.82, 2.24) is 0 Å². The number of ether oxygens (including phenoxy) is 3. The average molecular weight is 625 g/mol. The number of hydrogen-bond donors (Lipinski definition) is 0. The predicted octanol–water partition coefficient (Wildman–Crippen LogP) is 11.1. The average Bonchev–Trinajstić information content (AvgIpc) is 3.00. The summed E-state index contributed by atoms with van der Waals surface area (Å²) in [4.78, 5) is 37.1. The van der Waals surface area contributed by atoms with Crippen LogP contribution in [0.2, 0.25) is 0 Å². The van der Waals surface area contributed by atoms with Gasteiger partial charge in [0.25, 0.3) is 0 Å². The lowest BCUT2D eigenvalue weighted by Gasteiger charge is -2.18. The number of carbonyl (C=O) groups is 3. The van der Waals surface area contributed by atoms with Crippen LogP contribution in [-0.4, -0.2) is 37.2 Å². The van der Waals surface area contributed by atoms with Crippen molar-refractivity contribution in [3.05, 3.63) is 0 Å². The third-order valence-corrected chi connectivity index (χ3v) is 8.58. The van der Waals surface area contributed by atoms with Crippen LogP contribution in [0.3, 0.4) is 0 Å². The van der Waals surface area contributed by atoms with Gasteiger partial charge >= 0.3 is 17.9 Å². The highest BCUT2D eigenvalue weighted by atomic mass is 16.6. The van der Waals surface area contributed by atoms with E-state index < -0.39 is 6.10 Å². The zero-order valence-corrected chi connectivity index (χ0v) is 29.8. The van der Waals surface area contributed by atoms with Crippen LogP contribution in [0, 0.1) is 11.8 Å². The first-order valence-corrected chi connectivity index (χ1v) is 18.8. The van der Waals surface area contributed by atoms with Gasteiger partial charge in [-0.15, -0.1) is 0 Å². The van der Waals surface area contributed by atoms with Crippen molar-refractivity contribution in [3.8, 4) is 0 Å². The first-order chi connectivity index (χ1) is 21.3. The van der Waals surface area contributed by atoms with Gasteiger partial charge in [-0.1, -0.05) is 157 Å². The molecule has 0 aliphatic heterocycles. The van der Waals surface area contributed by atoms with Crippen LogP contribution < -0.4 is 0 Å². The SMILES string of the molecule is CCCCCCCC(=O)OC[C@H](COC(=O)CCCCCCCCC(C)C)OC(=O)CCCCCCCCCCC(C)CC. The van der Waals surface area contributed by atoms with Gasteiger partial charge in [-0.3, -0.25) is 14.4 Å². The van der Waals surface area contributed by atoms with Crippen LogP contribution in [-0.2, 0) is 28.6 Å². The molecule has 0 aliphatic carbocycles. The Morgan fingerprint density at radius 1 is 0.477 bits per heavy atom. The third-order valence-electron chi connectivity index (χ3n) is 8.58. The zero-order chi connectivity index (χ0) is 32.7. The van der Waals surface area contributed by atoms with E-state index in [1.54, 1.807) is 0 Å². The van der Waals surface area contributed by atoms with Crippen molar-refractivity contribution in [2.75, 3.05) is 13.2 Å². The maximum atomic E-state index is 12.6. The minimum Gasteiger partial charge on any atom is -0.462 e. The van der Waals surface area contributed by atoms with Crippen LogP contribution in [0.25, 0.3) is 0 Å².